The Morgan fingerprint density at radius 2 is 2.05 bits per heavy atom. The number of alkyl halides is 1. The van der Waals surface area contributed by atoms with Gasteiger partial charge in [-0.1, -0.05) is 36.2 Å². The van der Waals surface area contributed by atoms with Gasteiger partial charge in [-0.05, 0) is 37.1 Å². The first-order valence-electron chi connectivity index (χ1n) is 6.78. The van der Waals surface area contributed by atoms with E-state index < -0.39 is 0 Å². The van der Waals surface area contributed by atoms with Crippen LogP contribution in [0.25, 0.3) is 0 Å². The first kappa shape index (κ1) is 16.0. The first-order chi connectivity index (χ1) is 9.13. The van der Waals surface area contributed by atoms with Crippen molar-refractivity contribution in [1.29, 1.82) is 0 Å². The van der Waals surface area contributed by atoms with E-state index in [4.69, 9.17) is 4.74 Å². The number of carbonyl (C=O) groups is 1. The third kappa shape index (κ3) is 6.62. The van der Waals surface area contributed by atoms with E-state index in [2.05, 4.69) is 35.1 Å². The normalized spacial score (nSPS) is 11.9. The Bertz CT molecular complexity index is 376. The summed E-state index contributed by atoms with van der Waals surface area (Å²) < 4.78 is 5.56. The van der Waals surface area contributed by atoms with E-state index in [0.717, 1.165) is 31.6 Å². The van der Waals surface area contributed by atoms with Crippen molar-refractivity contribution in [3.8, 4) is 5.75 Å². The molecule has 1 unspecified atom stereocenters. The Balaban J connectivity index is 2.39. The number of carbonyl (C=O) groups excluding carboxylic acids is 1. The van der Waals surface area contributed by atoms with Crippen LogP contribution in [0, 0.1) is 0 Å². The lowest BCUT2D eigenvalue weighted by Gasteiger charge is -2.08. The molecular weight excluding hydrogens is 306 g/mol. The van der Waals surface area contributed by atoms with Crippen molar-refractivity contribution in [2.75, 3.05) is 13.2 Å². The molecule has 106 valence electrons. The van der Waals surface area contributed by atoms with Gasteiger partial charge in [0.05, 0.1) is 6.61 Å². The number of benzene rings is 1. The van der Waals surface area contributed by atoms with Gasteiger partial charge in [0.2, 0.25) is 0 Å². The lowest BCUT2D eigenvalue weighted by Crippen LogP contribution is -2.25. The zero-order valence-electron chi connectivity index (χ0n) is 11.6. The van der Waals surface area contributed by atoms with Gasteiger partial charge in [0, 0.05) is 16.9 Å². The van der Waals surface area contributed by atoms with Crippen molar-refractivity contribution >= 4 is 21.8 Å². The minimum Gasteiger partial charge on any atom is -0.494 e. The molecule has 1 rings (SSSR count). The summed E-state index contributed by atoms with van der Waals surface area (Å²) >= 11 is 3.45. The van der Waals surface area contributed by atoms with Gasteiger partial charge in [0.15, 0.2) is 0 Å². The molecule has 0 heterocycles. The van der Waals surface area contributed by atoms with Gasteiger partial charge in [0.1, 0.15) is 5.75 Å². The van der Waals surface area contributed by atoms with Crippen LogP contribution >= 0.6 is 15.9 Å². The average molecular weight is 328 g/mol. The predicted octanol–water partition coefficient (Wildman–Crippen LogP) is 3.77. The zero-order valence-corrected chi connectivity index (χ0v) is 13.2. The fraction of sp³-hybridized carbons (Fsp3) is 0.533. The Hall–Kier alpha value is -1.03. The van der Waals surface area contributed by atoms with Crippen LogP contribution in [0.3, 0.4) is 0 Å². The smallest absolute Gasteiger partial charge is 0.251 e. The van der Waals surface area contributed by atoms with Crippen LogP contribution in [0.15, 0.2) is 24.3 Å². The second kappa shape index (κ2) is 8.97. The van der Waals surface area contributed by atoms with Crippen LogP contribution in [0.5, 0.6) is 5.75 Å². The molecule has 19 heavy (non-hydrogen) atoms. The van der Waals surface area contributed by atoms with Crippen LogP contribution in [0.2, 0.25) is 0 Å². The fourth-order valence-corrected chi connectivity index (χ4v) is 1.75. The quantitative estimate of drug-likeness (QED) is 0.583. The van der Waals surface area contributed by atoms with E-state index in [1.165, 1.54) is 0 Å². The molecule has 3 nitrogen and oxygen atoms in total. The van der Waals surface area contributed by atoms with E-state index in [0.29, 0.717) is 16.9 Å². The Morgan fingerprint density at radius 3 is 2.63 bits per heavy atom. The molecule has 0 fully saturated rings. The second-order valence-electron chi connectivity index (χ2n) is 4.55. The number of hydrogen-bond acceptors (Lipinski definition) is 2. The zero-order chi connectivity index (χ0) is 14.1. The Morgan fingerprint density at radius 1 is 1.37 bits per heavy atom. The molecule has 0 saturated carbocycles. The number of hydrogen-bond donors (Lipinski definition) is 1. The van der Waals surface area contributed by atoms with Crippen LogP contribution in [0.1, 0.15) is 43.5 Å². The summed E-state index contributed by atoms with van der Waals surface area (Å²) in [6, 6.07) is 7.29. The van der Waals surface area contributed by atoms with Crippen LogP contribution in [-0.4, -0.2) is 23.9 Å². The van der Waals surface area contributed by atoms with Gasteiger partial charge >= 0.3 is 0 Å². The maximum absolute atomic E-state index is 11.8. The molecule has 0 radical (unpaired) electrons. The van der Waals surface area contributed by atoms with Gasteiger partial charge in [-0.2, -0.15) is 0 Å². The molecule has 0 spiro atoms. The number of unbranched alkanes of at least 4 members (excludes halogenated alkanes) is 1. The summed E-state index contributed by atoms with van der Waals surface area (Å²) in [5.41, 5.74) is 0.671. The molecule has 0 aromatic heterocycles. The second-order valence-corrected chi connectivity index (χ2v) is 6.11. The molecule has 1 N–H and O–H groups in total. The minimum absolute atomic E-state index is 0.0340. The van der Waals surface area contributed by atoms with Crippen LogP contribution in [0.4, 0.5) is 0 Å². The molecule has 4 heteroatoms. The lowest BCUT2D eigenvalue weighted by molar-refractivity contribution is 0.0953. The van der Waals surface area contributed by atoms with E-state index in [1.807, 2.05) is 12.1 Å². The Labute approximate surface area is 123 Å². The summed E-state index contributed by atoms with van der Waals surface area (Å²) in [7, 11) is 0. The van der Waals surface area contributed by atoms with Crippen molar-refractivity contribution in [3.63, 3.8) is 0 Å². The van der Waals surface area contributed by atoms with Gasteiger partial charge in [-0.25, -0.2) is 0 Å². The van der Waals surface area contributed by atoms with Crippen molar-refractivity contribution in [1.82, 2.24) is 5.32 Å². The minimum atomic E-state index is -0.0340. The molecule has 1 aromatic rings. The number of rotatable bonds is 8. The van der Waals surface area contributed by atoms with E-state index >= 15 is 0 Å². The maximum atomic E-state index is 11.8. The standard InChI is InChI=1S/C15H22BrNO2/c1-3-4-11-19-14-7-5-13(6-8-14)15(18)17-10-9-12(2)16/h5-8,12H,3-4,9-11H2,1-2H3,(H,17,18). The van der Waals surface area contributed by atoms with E-state index in [9.17, 15) is 4.79 Å². The summed E-state index contributed by atoms with van der Waals surface area (Å²) in [5, 5.41) is 2.89. The molecule has 1 amide bonds. The van der Waals surface area contributed by atoms with Crippen molar-refractivity contribution in [3.05, 3.63) is 29.8 Å². The third-order valence-electron chi connectivity index (χ3n) is 2.71. The molecule has 0 aliphatic heterocycles. The monoisotopic (exact) mass is 327 g/mol. The molecule has 1 atom stereocenters. The number of amides is 1. The number of nitrogens with one attached hydrogen (secondary N) is 1. The number of halogens is 1. The van der Waals surface area contributed by atoms with E-state index in [-0.39, 0.29) is 5.91 Å². The summed E-state index contributed by atoms with van der Waals surface area (Å²) in [6.07, 6.45) is 3.09. The first-order valence-corrected chi connectivity index (χ1v) is 7.70. The predicted molar refractivity (Wildman–Crippen MR) is 82.2 cm³/mol. The van der Waals surface area contributed by atoms with Gasteiger partial charge in [-0.15, -0.1) is 0 Å². The molecule has 0 saturated heterocycles. The van der Waals surface area contributed by atoms with E-state index in [1.54, 1.807) is 12.1 Å². The third-order valence-corrected chi connectivity index (χ3v) is 3.17. The summed E-state index contributed by atoms with van der Waals surface area (Å²) in [4.78, 5) is 12.2. The molecular formula is C15H22BrNO2. The largest absolute Gasteiger partial charge is 0.494 e. The lowest BCUT2D eigenvalue weighted by atomic mass is 10.2. The molecule has 1 aromatic carbocycles. The van der Waals surface area contributed by atoms with Gasteiger partial charge in [-0.3, -0.25) is 4.79 Å². The van der Waals surface area contributed by atoms with Crippen molar-refractivity contribution in [2.24, 2.45) is 0 Å². The SMILES string of the molecule is CCCCOc1ccc(C(=O)NCCC(C)Br)cc1. The number of ether oxygens (including phenoxy) is 1. The molecule has 0 aliphatic rings. The van der Waals surface area contributed by atoms with Crippen LogP contribution < -0.4 is 10.1 Å². The highest BCUT2D eigenvalue weighted by Gasteiger charge is 2.05. The Kier molecular flexibility index (Phi) is 7.56. The van der Waals surface area contributed by atoms with Crippen molar-refractivity contribution < 1.29 is 9.53 Å². The highest BCUT2D eigenvalue weighted by molar-refractivity contribution is 9.09. The maximum Gasteiger partial charge on any atom is 0.251 e. The topological polar surface area (TPSA) is 38.3 Å². The fourth-order valence-electron chi connectivity index (χ4n) is 1.52. The van der Waals surface area contributed by atoms with Crippen LogP contribution in [-0.2, 0) is 0 Å². The van der Waals surface area contributed by atoms with Gasteiger partial charge < -0.3 is 10.1 Å². The van der Waals surface area contributed by atoms with Gasteiger partial charge in [0.25, 0.3) is 5.91 Å². The summed E-state index contributed by atoms with van der Waals surface area (Å²) in [5.74, 6) is 0.785. The summed E-state index contributed by atoms with van der Waals surface area (Å²) in [6.45, 7) is 5.60. The highest BCUT2D eigenvalue weighted by atomic mass is 79.9. The van der Waals surface area contributed by atoms with Crippen molar-refractivity contribution in [2.45, 2.75) is 37.9 Å². The average Bonchev–Trinajstić information content (AvgIpc) is 2.39. The highest BCUT2D eigenvalue weighted by Crippen LogP contribution is 2.12. The molecule has 0 aliphatic carbocycles. The molecule has 0 bridgehead atoms.